The van der Waals surface area contributed by atoms with Gasteiger partial charge >= 0.3 is 0 Å². The van der Waals surface area contributed by atoms with Crippen LogP contribution in [0.3, 0.4) is 0 Å². The molecule has 1 aromatic carbocycles. The minimum absolute atomic E-state index is 0.01000. The molecule has 1 atom stereocenters. The molecule has 0 spiro atoms. The van der Waals surface area contributed by atoms with Gasteiger partial charge in [0.1, 0.15) is 11.6 Å². The van der Waals surface area contributed by atoms with E-state index < -0.39 is 17.6 Å². The van der Waals surface area contributed by atoms with Crippen molar-refractivity contribution < 1.29 is 13.6 Å². The van der Waals surface area contributed by atoms with Crippen LogP contribution in [-0.2, 0) is 11.2 Å². The van der Waals surface area contributed by atoms with Crippen LogP contribution in [0.15, 0.2) is 18.2 Å². The first kappa shape index (κ1) is 14.6. The minimum Gasteiger partial charge on any atom is -0.354 e. The van der Waals surface area contributed by atoms with Crippen LogP contribution in [0.1, 0.15) is 19.4 Å². The first-order valence-corrected chi connectivity index (χ1v) is 5.87. The predicted octanol–water partition coefficient (Wildman–Crippen LogP) is 1.61. The molecular weight excluding hydrogens is 238 g/mol. The zero-order chi connectivity index (χ0) is 13.7. The highest BCUT2D eigenvalue weighted by Crippen LogP contribution is 2.13. The summed E-state index contributed by atoms with van der Waals surface area (Å²) in [7, 11) is 0. The van der Waals surface area contributed by atoms with Gasteiger partial charge < -0.3 is 11.1 Å². The van der Waals surface area contributed by atoms with Crippen molar-refractivity contribution >= 4 is 5.91 Å². The molecule has 0 saturated carbocycles. The Hall–Kier alpha value is -1.49. The van der Waals surface area contributed by atoms with E-state index in [0.29, 0.717) is 5.56 Å². The molecule has 0 aliphatic rings. The lowest BCUT2D eigenvalue weighted by Gasteiger charge is -2.17. The molecule has 1 amide bonds. The van der Waals surface area contributed by atoms with E-state index in [-0.39, 0.29) is 24.9 Å². The van der Waals surface area contributed by atoms with Gasteiger partial charge in [-0.2, -0.15) is 0 Å². The minimum atomic E-state index is -0.648. The number of hydrogen-bond acceptors (Lipinski definition) is 2. The number of benzene rings is 1. The highest BCUT2D eigenvalue weighted by atomic mass is 19.1. The van der Waals surface area contributed by atoms with Crippen LogP contribution in [0.4, 0.5) is 8.78 Å². The standard InChI is InChI=1S/C13H18F2N2O/c1-8(2)17-13(18)10(7-16)3-9-4-11(14)6-12(15)5-9/h4-6,8,10H,3,7,16H2,1-2H3,(H,17,18). The van der Waals surface area contributed by atoms with Crippen molar-refractivity contribution in [3.8, 4) is 0 Å². The fraction of sp³-hybridized carbons (Fsp3) is 0.462. The number of nitrogens with one attached hydrogen (secondary N) is 1. The van der Waals surface area contributed by atoms with E-state index in [9.17, 15) is 13.6 Å². The topological polar surface area (TPSA) is 55.1 Å². The van der Waals surface area contributed by atoms with Gasteiger partial charge in [0, 0.05) is 18.7 Å². The predicted molar refractivity (Wildman–Crippen MR) is 65.9 cm³/mol. The Morgan fingerprint density at radius 2 is 1.83 bits per heavy atom. The van der Waals surface area contributed by atoms with Crippen molar-refractivity contribution in [3.63, 3.8) is 0 Å². The van der Waals surface area contributed by atoms with Gasteiger partial charge in [-0.3, -0.25) is 4.79 Å². The normalized spacial score (nSPS) is 12.6. The Morgan fingerprint density at radius 1 is 1.28 bits per heavy atom. The van der Waals surface area contributed by atoms with E-state index in [1.54, 1.807) is 0 Å². The smallest absolute Gasteiger partial charge is 0.224 e. The van der Waals surface area contributed by atoms with Gasteiger partial charge in [-0.1, -0.05) is 0 Å². The van der Waals surface area contributed by atoms with E-state index in [1.165, 1.54) is 12.1 Å². The quantitative estimate of drug-likeness (QED) is 0.841. The summed E-state index contributed by atoms with van der Waals surface area (Å²) in [6.45, 7) is 3.82. The summed E-state index contributed by atoms with van der Waals surface area (Å²) in [6.07, 6.45) is 0.226. The molecule has 3 N–H and O–H groups in total. The summed E-state index contributed by atoms with van der Waals surface area (Å²) >= 11 is 0. The molecule has 0 heterocycles. The average Bonchev–Trinajstić information content (AvgIpc) is 2.23. The highest BCUT2D eigenvalue weighted by Gasteiger charge is 2.18. The lowest BCUT2D eigenvalue weighted by Crippen LogP contribution is -2.39. The molecule has 0 aliphatic heterocycles. The Bertz CT molecular complexity index is 401. The summed E-state index contributed by atoms with van der Waals surface area (Å²) in [5.41, 5.74) is 5.96. The zero-order valence-corrected chi connectivity index (χ0v) is 10.5. The fourth-order valence-electron chi connectivity index (χ4n) is 1.70. The fourth-order valence-corrected chi connectivity index (χ4v) is 1.70. The van der Waals surface area contributed by atoms with Crippen LogP contribution in [0.2, 0.25) is 0 Å². The summed E-state index contributed by atoms with van der Waals surface area (Å²) in [4.78, 5) is 11.8. The van der Waals surface area contributed by atoms with Gasteiger partial charge in [0.15, 0.2) is 0 Å². The molecule has 5 heteroatoms. The van der Waals surface area contributed by atoms with Crippen molar-refractivity contribution in [2.45, 2.75) is 26.3 Å². The highest BCUT2D eigenvalue weighted by molar-refractivity contribution is 5.79. The third-order valence-electron chi connectivity index (χ3n) is 2.49. The van der Waals surface area contributed by atoms with Gasteiger partial charge in [0.2, 0.25) is 5.91 Å². The average molecular weight is 256 g/mol. The number of rotatable bonds is 5. The first-order valence-electron chi connectivity index (χ1n) is 5.87. The molecule has 1 aromatic rings. The third-order valence-corrected chi connectivity index (χ3v) is 2.49. The lowest BCUT2D eigenvalue weighted by molar-refractivity contribution is -0.125. The van der Waals surface area contributed by atoms with E-state index in [4.69, 9.17) is 5.73 Å². The summed E-state index contributed by atoms with van der Waals surface area (Å²) in [5, 5.41) is 2.74. The third kappa shape index (κ3) is 4.41. The molecule has 1 unspecified atom stereocenters. The number of nitrogens with two attached hydrogens (primary N) is 1. The van der Waals surface area contributed by atoms with Gasteiger partial charge in [-0.05, 0) is 38.0 Å². The number of hydrogen-bond donors (Lipinski definition) is 2. The number of carbonyl (C=O) groups excluding carboxylic acids is 1. The molecule has 18 heavy (non-hydrogen) atoms. The molecule has 0 aromatic heterocycles. The van der Waals surface area contributed by atoms with Gasteiger partial charge in [-0.25, -0.2) is 8.78 Å². The first-order chi connectivity index (χ1) is 8.42. The van der Waals surface area contributed by atoms with Gasteiger partial charge in [0.25, 0.3) is 0 Å². The van der Waals surface area contributed by atoms with Crippen LogP contribution < -0.4 is 11.1 Å². The summed E-state index contributed by atoms with van der Waals surface area (Å²) in [6, 6.07) is 3.24. The van der Waals surface area contributed by atoms with Crippen molar-refractivity contribution in [1.29, 1.82) is 0 Å². The number of halogens is 2. The van der Waals surface area contributed by atoms with Crippen molar-refractivity contribution in [2.24, 2.45) is 11.7 Å². The maximum absolute atomic E-state index is 13.0. The van der Waals surface area contributed by atoms with Crippen molar-refractivity contribution in [1.82, 2.24) is 5.32 Å². The van der Waals surface area contributed by atoms with Crippen molar-refractivity contribution in [3.05, 3.63) is 35.4 Å². The lowest BCUT2D eigenvalue weighted by atomic mass is 9.98. The molecule has 0 radical (unpaired) electrons. The van der Waals surface area contributed by atoms with E-state index in [1.807, 2.05) is 13.8 Å². The van der Waals surface area contributed by atoms with E-state index >= 15 is 0 Å². The van der Waals surface area contributed by atoms with Crippen LogP contribution in [0.5, 0.6) is 0 Å². The molecule has 3 nitrogen and oxygen atoms in total. The van der Waals surface area contributed by atoms with Crippen LogP contribution >= 0.6 is 0 Å². The Kier molecular flexibility index (Phi) is 5.22. The summed E-state index contributed by atoms with van der Waals surface area (Å²) < 4.78 is 26.0. The Balaban J connectivity index is 2.76. The molecule has 0 bridgehead atoms. The van der Waals surface area contributed by atoms with E-state index in [2.05, 4.69) is 5.32 Å². The van der Waals surface area contributed by atoms with Gasteiger partial charge in [-0.15, -0.1) is 0 Å². The number of amides is 1. The molecule has 0 aliphatic carbocycles. The SMILES string of the molecule is CC(C)NC(=O)C(CN)Cc1cc(F)cc(F)c1. The summed E-state index contributed by atoms with van der Waals surface area (Å²) in [5.74, 6) is -1.97. The molecular formula is C13H18F2N2O. The molecule has 100 valence electrons. The number of carbonyl (C=O) groups is 1. The zero-order valence-electron chi connectivity index (χ0n) is 10.5. The molecule has 0 fully saturated rings. The second kappa shape index (κ2) is 6.44. The molecule has 1 rings (SSSR count). The maximum atomic E-state index is 13.0. The monoisotopic (exact) mass is 256 g/mol. The Morgan fingerprint density at radius 3 is 2.28 bits per heavy atom. The second-order valence-corrected chi connectivity index (χ2v) is 4.58. The Labute approximate surface area is 105 Å². The van der Waals surface area contributed by atoms with E-state index in [0.717, 1.165) is 6.07 Å². The van der Waals surface area contributed by atoms with Crippen LogP contribution in [-0.4, -0.2) is 18.5 Å². The van der Waals surface area contributed by atoms with Crippen molar-refractivity contribution in [2.75, 3.05) is 6.54 Å². The largest absolute Gasteiger partial charge is 0.354 e. The second-order valence-electron chi connectivity index (χ2n) is 4.58. The maximum Gasteiger partial charge on any atom is 0.224 e. The van der Waals surface area contributed by atoms with Gasteiger partial charge in [0.05, 0.1) is 5.92 Å². The van der Waals surface area contributed by atoms with Crippen LogP contribution in [0, 0.1) is 17.6 Å². The molecule has 0 saturated heterocycles. The van der Waals surface area contributed by atoms with Crippen LogP contribution in [0.25, 0.3) is 0 Å².